The molecule has 0 unspecified atom stereocenters. The van der Waals surface area contributed by atoms with Crippen LogP contribution in [0.5, 0.6) is 0 Å². The van der Waals surface area contributed by atoms with Crippen molar-refractivity contribution in [1.82, 2.24) is 14.2 Å². The predicted octanol–water partition coefficient (Wildman–Crippen LogP) is 5.97. The molecular weight excluding hydrogens is 508 g/mol. The van der Waals surface area contributed by atoms with Crippen LogP contribution in [0.25, 0.3) is 16.6 Å². The van der Waals surface area contributed by atoms with Gasteiger partial charge >= 0.3 is 5.97 Å². The van der Waals surface area contributed by atoms with Crippen molar-refractivity contribution in [2.75, 3.05) is 0 Å². The van der Waals surface area contributed by atoms with Crippen LogP contribution in [0, 0.1) is 20.8 Å². The van der Waals surface area contributed by atoms with Gasteiger partial charge in [0.1, 0.15) is 5.82 Å². The van der Waals surface area contributed by atoms with Crippen molar-refractivity contribution in [2.45, 2.75) is 47.0 Å². The van der Waals surface area contributed by atoms with E-state index in [9.17, 15) is 14.7 Å². The van der Waals surface area contributed by atoms with E-state index in [1.54, 1.807) is 24.4 Å². The van der Waals surface area contributed by atoms with E-state index in [0.29, 0.717) is 22.3 Å². The number of carboxylic acid groups (broad SMARTS) is 1. The van der Waals surface area contributed by atoms with Gasteiger partial charge in [-0.25, -0.2) is 9.78 Å². The normalized spacial score (nSPS) is 12.5. The van der Waals surface area contributed by atoms with Crippen molar-refractivity contribution < 1.29 is 9.90 Å². The average molecular weight is 535 g/mol. The van der Waals surface area contributed by atoms with E-state index in [0.717, 1.165) is 33.5 Å². The molecule has 0 amide bonds. The van der Waals surface area contributed by atoms with Crippen LogP contribution in [0.4, 0.5) is 0 Å². The summed E-state index contributed by atoms with van der Waals surface area (Å²) < 4.78 is 4.21. The van der Waals surface area contributed by atoms with Gasteiger partial charge in [0.2, 0.25) is 0 Å². The summed E-state index contributed by atoms with van der Waals surface area (Å²) in [6, 6.07) is 12.7. The van der Waals surface area contributed by atoms with Crippen molar-refractivity contribution in [1.29, 1.82) is 0 Å². The van der Waals surface area contributed by atoms with Gasteiger partial charge in [-0.2, -0.15) is 9.78 Å². The maximum absolute atomic E-state index is 13.4. The van der Waals surface area contributed by atoms with Crippen molar-refractivity contribution in [2.24, 2.45) is 5.10 Å². The van der Waals surface area contributed by atoms with Gasteiger partial charge in [-0.1, -0.05) is 35.8 Å². The molecule has 8 heteroatoms. The number of carboxylic acids is 1. The van der Waals surface area contributed by atoms with Crippen LogP contribution < -0.4 is 5.56 Å². The van der Waals surface area contributed by atoms with Gasteiger partial charge in [0, 0.05) is 33.0 Å². The Morgan fingerprint density at radius 3 is 2.63 bits per heavy atom. The lowest BCUT2D eigenvalue weighted by atomic mass is 10.1. The highest BCUT2D eigenvalue weighted by Gasteiger charge is 2.18. The molecule has 0 aliphatic heterocycles. The predicted molar refractivity (Wildman–Crippen MR) is 142 cm³/mol. The van der Waals surface area contributed by atoms with Gasteiger partial charge in [0.05, 0.1) is 22.7 Å². The molecule has 0 fully saturated rings. The number of hydrogen-bond donors (Lipinski definition) is 1. The Kier molecular flexibility index (Phi) is 6.76. The molecule has 1 atom stereocenters. The van der Waals surface area contributed by atoms with Crippen molar-refractivity contribution in [3.63, 3.8) is 0 Å². The van der Waals surface area contributed by atoms with Gasteiger partial charge in [0.15, 0.2) is 0 Å². The Bertz CT molecular complexity index is 1550. The zero-order chi connectivity index (χ0) is 25.4. The fraction of sp³-hybridized carbons (Fsp3) is 0.259. The van der Waals surface area contributed by atoms with Crippen molar-refractivity contribution in [3.05, 3.63) is 91.2 Å². The molecule has 1 N–H and O–H groups in total. The summed E-state index contributed by atoms with van der Waals surface area (Å²) in [5, 5.41) is 14.6. The number of halogens is 1. The summed E-state index contributed by atoms with van der Waals surface area (Å²) in [4.78, 5) is 29.8. The number of carbonyl (C=O) groups is 1. The van der Waals surface area contributed by atoms with E-state index in [-0.39, 0.29) is 17.0 Å². The first-order valence-electron chi connectivity index (χ1n) is 11.4. The zero-order valence-corrected chi connectivity index (χ0v) is 21.9. The molecule has 180 valence electrons. The smallest absolute Gasteiger partial charge is 0.336 e. The van der Waals surface area contributed by atoms with Gasteiger partial charge in [-0.3, -0.25) is 4.79 Å². The molecular formula is C27H27BrN4O3. The Balaban J connectivity index is 1.86. The standard InChI is InChI=1S/C27H27BrN4O3/c1-6-15(2)25-30-23-11-10-20(28)13-22(23)26(33)32(25)29-14-19-12-16(3)31(18(19)5)24-9-7-8-21(17(24)4)27(34)35/h7-15H,6H2,1-5H3,(H,34,35)/t15-/m1/s1. The number of aromatic nitrogens is 3. The molecule has 4 aromatic rings. The first kappa shape index (κ1) is 24.6. The van der Waals surface area contributed by atoms with Crippen LogP contribution in [-0.4, -0.2) is 31.5 Å². The highest BCUT2D eigenvalue weighted by molar-refractivity contribution is 9.10. The second-order valence-corrected chi connectivity index (χ2v) is 9.63. The molecule has 2 aromatic heterocycles. The molecule has 0 spiro atoms. The molecule has 2 heterocycles. The SMILES string of the molecule is CC[C@@H](C)c1nc2ccc(Br)cc2c(=O)n1N=Cc1cc(C)n(-c2cccc(C(=O)O)c2C)c1C. The topological polar surface area (TPSA) is 89.5 Å². The van der Waals surface area contributed by atoms with Crippen LogP contribution in [-0.2, 0) is 0 Å². The molecule has 4 rings (SSSR count). The largest absolute Gasteiger partial charge is 0.478 e. The Morgan fingerprint density at radius 1 is 1.20 bits per heavy atom. The molecule has 0 saturated heterocycles. The number of rotatable bonds is 6. The molecule has 0 radical (unpaired) electrons. The molecule has 2 aromatic carbocycles. The van der Waals surface area contributed by atoms with Gasteiger partial charge < -0.3 is 9.67 Å². The maximum atomic E-state index is 13.4. The summed E-state index contributed by atoms with van der Waals surface area (Å²) >= 11 is 3.44. The summed E-state index contributed by atoms with van der Waals surface area (Å²) in [6.07, 6.45) is 2.49. The Hall–Kier alpha value is -3.52. The minimum absolute atomic E-state index is 0.0433. The Labute approximate surface area is 211 Å². The summed E-state index contributed by atoms with van der Waals surface area (Å²) in [5.74, 6) is -0.301. The summed E-state index contributed by atoms with van der Waals surface area (Å²) in [7, 11) is 0. The third-order valence-electron chi connectivity index (χ3n) is 6.45. The van der Waals surface area contributed by atoms with Crippen LogP contribution in [0.3, 0.4) is 0 Å². The maximum Gasteiger partial charge on any atom is 0.336 e. The van der Waals surface area contributed by atoms with Crippen LogP contribution in [0.1, 0.15) is 64.9 Å². The van der Waals surface area contributed by atoms with Crippen LogP contribution >= 0.6 is 15.9 Å². The van der Waals surface area contributed by atoms with E-state index in [1.165, 1.54) is 4.68 Å². The zero-order valence-electron chi connectivity index (χ0n) is 20.3. The van der Waals surface area contributed by atoms with E-state index in [4.69, 9.17) is 4.98 Å². The van der Waals surface area contributed by atoms with Crippen molar-refractivity contribution >= 4 is 39.0 Å². The lowest BCUT2D eigenvalue weighted by Crippen LogP contribution is -2.23. The number of aromatic carboxylic acids is 1. The Morgan fingerprint density at radius 2 is 1.94 bits per heavy atom. The summed E-state index contributed by atoms with van der Waals surface area (Å²) in [6.45, 7) is 9.81. The molecule has 35 heavy (non-hydrogen) atoms. The highest BCUT2D eigenvalue weighted by Crippen LogP contribution is 2.25. The number of aryl methyl sites for hydroxylation is 1. The summed E-state index contributed by atoms with van der Waals surface area (Å²) in [5.41, 5.74) is 4.84. The first-order chi connectivity index (χ1) is 16.6. The third-order valence-corrected chi connectivity index (χ3v) is 6.94. The van der Waals surface area contributed by atoms with Gasteiger partial charge in [0.25, 0.3) is 5.56 Å². The molecule has 7 nitrogen and oxygen atoms in total. The van der Waals surface area contributed by atoms with Gasteiger partial charge in [-0.05, 0) is 69.2 Å². The van der Waals surface area contributed by atoms with Crippen molar-refractivity contribution in [3.8, 4) is 5.69 Å². The number of hydrogen-bond acceptors (Lipinski definition) is 4. The van der Waals surface area contributed by atoms with E-state index < -0.39 is 5.97 Å². The monoisotopic (exact) mass is 534 g/mol. The average Bonchev–Trinajstić information content (AvgIpc) is 3.11. The van der Waals surface area contributed by atoms with E-state index in [1.807, 2.05) is 56.5 Å². The van der Waals surface area contributed by atoms with Gasteiger partial charge in [-0.15, -0.1) is 0 Å². The number of fused-ring (bicyclic) bond motifs is 1. The quantitative estimate of drug-likeness (QED) is 0.308. The van der Waals surface area contributed by atoms with E-state index in [2.05, 4.69) is 28.0 Å². The third kappa shape index (κ3) is 4.46. The second kappa shape index (κ2) is 9.62. The molecule has 0 aliphatic carbocycles. The molecule has 0 aliphatic rings. The molecule has 0 saturated carbocycles. The fourth-order valence-electron chi connectivity index (χ4n) is 4.29. The minimum Gasteiger partial charge on any atom is -0.478 e. The molecule has 0 bridgehead atoms. The minimum atomic E-state index is -0.957. The lowest BCUT2D eigenvalue weighted by Gasteiger charge is -2.15. The highest BCUT2D eigenvalue weighted by atomic mass is 79.9. The second-order valence-electron chi connectivity index (χ2n) is 8.72. The lowest BCUT2D eigenvalue weighted by molar-refractivity contribution is 0.0696. The number of benzene rings is 2. The van der Waals surface area contributed by atoms with E-state index >= 15 is 0 Å². The van der Waals surface area contributed by atoms with Crippen LogP contribution in [0.15, 0.2) is 56.8 Å². The fourth-order valence-corrected chi connectivity index (χ4v) is 4.65. The number of nitrogens with zero attached hydrogens (tertiary/aromatic N) is 4. The first-order valence-corrected chi connectivity index (χ1v) is 12.2. The van der Waals surface area contributed by atoms with Crippen LogP contribution in [0.2, 0.25) is 0 Å².